The number of ketones is 1. The molecule has 1 fully saturated rings. The molecule has 25 heavy (non-hydrogen) atoms. The molecule has 1 aliphatic rings. The molecule has 0 aliphatic carbocycles. The van der Waals surface area contributed by atoms with E-state index >= 15 is 0 Å². The Morgan fingerprint density at radius 2 is 1.60 bits per heavy atom. The Labute approximate surface area is 148 Å². The fraction of sp³-hybridized carbons (Fsp3) is 0.333. The predicted molar refractivity (Wildman–Crippen MR) is 96.3 cm³/mol. The van der Waals surface area contributed by atoms with E-state index in [4.69, 9.17) is 0 Å². The van der Waals surface area contributed by atoms with Gasteiger partial charge in [0, 0.05) is 19.4 Å². The van der Waals surface area contributed by atoms with E-state index in [1.54, 1.807) is 0 Å². The van der Waals surface area contributed by atoms with Gasteiger partial charge in [0.2, 0.25) is 0 Å². The summed E-state index contributed by atoms with van der Waals surface area (Å²) < 4.78 is 0. The summed E-state index contributed by atoms with van der Waals surface area (Å²) in [6.07, 6.45) is 1.18. The number of carbonyl (C=O) groups excluding carboxylic acids is 1. The van der Waals surface area contributed by atoms with Gasteiger partial charge in [-0.2, -0.15) is 0 Å². The largest absolute Gasteiger partial charge is 0.480 e. The predicted octanol–water partition coefficient (Wildman–Crippen LogP) is 3.46. The molecule has 4 heteroatoms. The van der Waals surface area contributed by atoms with Crippen LogP contribution in [0.2, 0.25) is 0 Å². The third-order valence-corrected chi connectivity index (χ3v) is 5.22. The Balaban J connectivity index is 2.20. The highest BCUT2D eigenvalue weighted by Gasteiger charge is 2.46. The van der Waals surface area contributed by atoms with E-state index in [9.17, 15) is 14.7 Å². The molecular weight excluding hydrogens is 314 g/mol. The van der Waals surface area contributed by atoms with Gasteiger partial charge in [-0.1, -0.05) is 67.6 Å². The van der Waals surface area contributed by atoms with Crippen LogP contribution in [-0.4, -0.2) is 34.3 Å². The Morgan fingerprint density at radius 3 is 2.04 bits per heavy atom. The van der Waals surface area contributed by atoms with E-state index in [-0.39, 0.29) is 12.2 Å². The molecule has 1 atom stereocenters. The van der Waals surface area contributed by atoms with Gasteiger partial charge in [0.05, 0.1) is 5.54 Å². The average Bonchev–Trinajstić information content (AvgIpc) is 2.65. The molecule has 2 aromatic rings. The number of piperidine rings is 1. The van der Waals surface area contributed by atoms with E-state index in [0.717, 1.165) is 17.5 Å². The smallest absolute Gasteiger partial charge is 0.321 e. The second-order valence-electron chi connectivity index (χ2n) is 6.49. The lowest BCUT2D eigenvalue weighted by Gasteiger charge is -2.48. The maximum Gasteiger partial charge on any atom is 0.321 e. The van der Waals surface area contributed by atoms with Crippen molar-refractivity contribution < 1.29 is 14.7 Å². The quantitative estimate of drug-likeness (QED) is 0.908. The average molecular weight is 337 g/mol. The van der Waals surface area contributed by atoms with Crippen LogP contribution in [0.25, 0.3) is 0 Å². The molecule has 2 aromatic carbocycles. The highest BCUT2D eigenvalue weighted by atomic mass is 16.4. The summed E-state index contributed by atoms with van der Waals surface area (Å²) in [5, 5.41) is 9.79. The molecule has 3 rings (SSSR count). The van der Waals surface area contributed by atoms with Crippen molar-refractivity contribution in [1.29, 1.82) is 0 Å². The molecule has 1 heterocycles. The Hall–Kier alpha value is -2.46. The first kappa shape index (κ1) is 17.4. The first-order valence-electron chi connectivity index (χ1n) is 8.72. The zero-order chi connectivity index (χ0) is 17.9. The molecule has 0 saturated carbocycles. The van der Waals surface area contributed by atoms with Crippen LogP contribution >= 0.6 is 0 Å². The summed E-state index contributed by atoms with van der Waals surface area (Å²) in [5.74, 6) is -0.910. The number of carbonyl (C=O) groups is 2. The Kier molecular flexibility index (Phi) is 5.00. The lowest BCUT2D eigenvalue weighted by atomic mass is 9.76. The maximum absolute atomic E-state index is 11.9. The maximum atomic E-state index is 11.9. The molecule has 4 nitrogen and oxygen atoms in total. The SMILES string of the molecule is CCC(c1ccccc1)(c1ccccc1)N1CCC(=O)CC1C(=O)O. The Bertz CT molecular complexity index is 703. The standard InChI is InChI=1S/C21H23NO3/c1-2-21(16-9-5-3-6-10-16,17-11-7-4-8-12-17)22-14-13-18(23)15-19(22)20(24)25/h3-12,19H,2,13-15H2,1H3,(H,24,25). The molecule has 0 aromatic heterocycles. The number of likely N-dealkylation sites (tertiary alicyclic amines) is 1. The van der Waals surface area contributed by atoms with Crippen molar-refractivity contribution in [3.8, 4) is 0 Å². The topological polar surface area (TPSA) is 57.6 Å². The highest BCUT2D eigenvalue weighted by molar-refractivity contribution is 5.87. The molecule has 1 aliphatic heterocycles. The third kappa shape index (κ3) is 3.10. The van der Waals surface area contributed by atoms with E-state index < -0.39 is 17.6 Å². The fourth-order valence-corrected chi connectivity index (χ4v) is 4.04. The first-order valence-corrected chi connectivity index (χ1v) is 8.72. The molecule has 0 amide bonds. The van der Waals surface area contributed by atoms with Crippen LogP contribution in [0.3, 0.4) is 0 Å². The Morgan fingerprint density at radius 1 is 1.08 bits per heavy atom. The van der Waals surface area contributed by atoms with Crippen molar-refractivity contribution >= 4 is 11.8 Å². The van der Waals surface area contributed by atoms with Gasteiger partial charge in [0.25, 0.3) is 0 Å². The number of Topliss-reactive ketones (excluding diaryl/α,β-unsaturated/α-hetero) is 1. The molecule has 1 saturated heterocycles. The zero-order valence-corrected chi connectivity index (χ0v) is 14.4. The van der Waals surface area contributed by atoms with Gasteiger partial charge in [-0.05, 0) is 17.5 Å². The minimum atomic E-state index is -0.933. The molecule has 0 radical (unpaired) electrons. The van der Waals surface area contributed by atoms with E-state index in [1.807, 2.05) is 65.6 Å². The van der Waals surface area contributed by atoms with Crippen molar-refractivity contribution in [3.63, 3.8) is 0 Å². The van der Waals surface area contributed by atoms with Crippen LogP contribution in [0.4, 0.5) is 0 Å². The third-order valence-electron chi connectivity index (χ3n) is 5.22. The van der Waals surface area contributed by atoms with Crippen LogP contribution in [0.5, 0.6) is 0 Å². The second kappa shape index (κ2) is 7.19. The normalized spacial score (nSPS) is 18.9. The van der Waals surface area contributed by atoms with Gasteiger partial charge in [0.1, 0.15) is 11.8 Å². The van der Waals surface area contributed by atoms with Gasteiger partial charge in [-0.15, -0.1) is 0 Å². The number of aliphatic carboxylic acids is 1. The van der Waals surface area contributed by atoms with Gasteiger partial charge < -0.3 is 5.11 Å². The van der Waals surface area contributed by atoms with Crippen molar-refractivity contribution in [2.24, 2.45) is 0 Å². The van der Waals surface area contributed by atoms with Crippen molar-refractivity contribution in [2.45, 2.75) is 37.8 Å². The molecule has 130 valence electrons. The minimum Gasteiger partial charge on any atom is -0.480 e. The van der Waals surface area contributed by atoms with Crippen LogP contribution in [-0.2, 0) is 15.1 Å². The monoisotopic (exact) mass is 337 g/mol. The number of hydrogen-bond acceptors (Lipinski definition) is 3. The van der Waals surface area contributed by atoms with Gasteiger partial charge in [0.15, 0.2) is 0 Å². The summed E-state index contributed by atoms with van der Waals surface area (Å²) in [5.41, 5.74) is 1.56. The van der Waals surface area contributed by atoms with E-state index in [0.29, 0.717) is 13.0 Å². The van der Waals surface area contributed by atoms with E-state index in [2.05, 4.69) is 6.92 Å². The minimum absolute atomic E-state index is 0.0229. The number of hydrogen-bond donors (Lipinski definition) is 1. The summed E-state index contributed by atoms with van der Waals surface area (Å²) >= 11 is 0. The van der Waals surface area contributed by atoms with Crippen LogP contribution < -0.4 is 0 Å². The van der Waals surface area contributed by atoms with Crippen LogP contribution in [0.1, 0.15) is 37.3 Å². The lowest BCUT2D eigenvalue weighted by molar-refractivity contribution is -0.151. The number of carboxylic acids is 1. The first-order chi connectivity index (χ1) is 12.1. The van der Waals surface area contributed by atoms with Gasteiger partial charge in [-0.25, -0.2) is 0 Å². The summed E-state index contributed by atoms with van der Waals surface area (Å²) in [6.45, 7) is 2.53. The number of rotatable bonds is 5. The summed E-state index contributed by atoms with van der Waals surface area (Å²) in [6, 6.07) is 19.2. The summed E-state index contributed by atoms with van der Waals surface area (Å²) in [7, 11) is 0. The highest BCUT2D eigenvalue weighted by Crippen LogP contribution is 2.42. The zero-order valence-electron chi connectivity index (χ0n) is 14.4. The molecule has 0 bridgehead atoms. The number of benzene rings is 2. The van der Waals surface area contributed by atoms with Crippen molar-refractivity contribution in [3.05, 3.63) is 71.8 Å². The van der Waals surface area contributed by atoms with E-state index in [1.165, 1.54) is 0 Å². The lowest BCUT2D eigenvalue weighted by Crippen LogP contribution is -2.58. The summed E-state index contributed by atoms with van der Waals surface area (Å²) in [4.78, 5) is 25.9. The second-order valence-corrected chi connectivity index (χ2v) is 6.49. The molecule has 1 N–H and O–H groups in total. The molecular formula is C21H23NO3. The van der Waals surface area contributed by atoms with Gasteiger partial charge in [-0.3, -0.25) is 14.5 Å². The fourth-order valence-electron chi connectivity index (χ4n) is 4.04. The molecule has 0 spiro atoms. The van der Waals surface area contributed by atoms with Crippen molar-refractivity contribution in [1.82, 2.24) is 4.90 Å². The number of nitrogens with zero attached hydrogens (tertiary/aromatic N) is 1. The number of carboxylic acid groups (broad SMARTS) is 1. The van der Waals surface area contributed by atoms with Gasteiger partial charge >= 0.3 is 5.97 Å². The van der Waals surface area contributed by atoms with Crippen LogP contribution in [0.15, 0.2) is 60.7 Å². The van der Waals surface area contributed by atoms with Crippen molar-refractivity contribution in [2.75, 3.05) is 6.54 Å². The molecule has 1 unspecified atom stereocenters. The van der Waals surface area contributed by atoms with Crippen LogP contribution in [0, 0.1) is 0 Å².